The third-order valence-electron chi connectivity index (χ3n) is 4.06. The van der Waals surface area contributed by atoms with Crippen molar-refractivity contribution in [3.63, 3.8) is 0 Å². The van der Waals surface area contributed by atoms with Crippen molar-refractivity contribution in [2.45, 2.75) is 11.4 Å². The van der Waals surface area contributed by atoms with Crippen molar-refractivity contribution in [1.82, 2.24) is 4.57 Å². The highest BCUT2D eigenvalue weighted by molar-refractivity contribution is 7.90. The highest BCUT2D eigenvalue weighted by Crippen LogP contribution is 2.22. The number of amides is 1. The second-order valence-electron chi connectivity index (χ2n) is 6.04. The zero-order valence-corrected chi connectivity index (χ0v) is 16.9. The number of nitriles is 1. The molecule has 0 bridgehead atoms. The molecule has 0 spiro atoms. The molecule has 0 atom stereocenters. The number of rotatable bonds is 5. The second kappa shape index (κ2) is 8.06. The van der Waals surface area contributed by atoms with Crippen molar-refractivity contribution in [1.29, 1.82) is 5.26 Å². The van der Waals surface area contributed by atoms with Gasteiger partial charge in [-0.25, -0.2) is 8.42 Å². The topological polar surface area (TPSA) is 102 Å². The van der Waals surface area contributed by atoms with E-state index in [1.54, 1.807) is 49.6 Å². The quantitative estimate of drug-likeness (QED) is 0.637. The number of ether oxygens (including phenoxy) is 1. The Labute approximate surface area is 166 Å². The van der Waals surface area contributed by atoms with Gasteiger partial charge in [-0.05, 0) is 42.5 Å². The predicted molar refractivity (Wildman–Crippen MR) is 106 cm³/mol. The van der Waals surface area contributed by atoms with E-state index in [2.05, 4.69) is 4.99 Å². The summed E-state index contributed by atoms with van der Waals surface area (Å²) in [7, 11) is -1.76. The van der Waals surface area contributed by atoms with Gasteiger partial charge in [-0.3, -0.25) is 4.79 Å². The van der Waals surface area contributed by atoms with Crippen LogP contribution in [0.1, 0.15) is 15.9 Å². The van der Waals surface area contributed by atoms with Crippen molar-refractivity contribution in [3.05, 3.63) is 58.4 Å². The summed E-state index contributed by atoms with van der Waals surface area (Å²) in [6.45, 7) is 0.881. The van der Waals surface area contributed by atoms with Gasteiger partial charge in [-0.1, -0.05) is 11.3 Å². The molecule has 0 radical (unpaired) electrons. The van der Waals surface area contributed by atoms with Crippen molar-refractivity contribution < 1.29 is 17.9 Å². The first-order valence-electron chi connectivity index (χ1n) is 8.25. The molecule has 1 heterocycles. The van der Waals surface area contributed by atoms with E-state index in [4.69, 9.17) is 10.00 Å². The number of thiazole rings is 1. The van der Waals surface area contributed by atoms with Gasteiger partial charge in [0.1, 0.15) is 0 Å². The first-order valence-corrected chi connectivity index (χ1v) is 11.0. The third-order valence-corrected chi connectivity index (χ3v) is 6.21. The summed E-state index contributed by atoms with van der Waals surface area (Å²) >= 11 is 1.24. The van der Waals surface area contributed by atoms with Crippen LogP contribution in [0, 0.1) is 11.3 Å². The van der Waals surface area contributed by atoms with E-state index in [0.717, 1.165) is 11.8 Å². The van der Waals surface area contributed by atoms with Gasteiger partial charge in [-0.15, -0.1) is 0 Å². The molecular formula is C19H17N3O4S2. The summed E-state index contributed by atoms with van der Waals surface area (Å²) < 4.78 is 31.4. The third kappa shape index (κ3) is 4.20. The maximum absolute atomic E-state index is 12.6. The Kier molecular flexibility index (Phi) is 5.74. The molecule has 2 aromatic carbocycles. The standard InChI is InChI=1S/C19H17N3O4S2/c1-26-10-9-22-16-8-7-15(28(2,24)25)11-17(16)27-19(22)21-18(23)14-5-3-13(12-20)4-6-14/h3-8,11H,9-10H2,1-2H3. The van der Waals surface area contributed by atoms with Crippen LogP contribution in [0.25, 0.3) is 10.2 Å². The summed E-state index contributed by atoms with van der Waals surface area (Å²) in [5.41, 5.74) is 1.61. The van der Waals surface area contributed by atoms with Crippen LogP contribution < -0.4 is 4.80 Å². The molecule has 7 nitrogen and oxygen atoms in total. The van der Waals surface area contributed by atoms with Crippen LogP contribution in [-0.2, 0) is 21.1 Å². The van der Waals surface area contributed by atoms with Crippen molar-refractivity contribution in [2.75, 3.05) is 20.0 Å². The van der Waals surface area contributed by atoms with E-state index in [1.165, 1.54) is 11.3 Å². The summed E-state index contributed by atoms with van der Waals surface area (Å²) in [5.74, 6) is -0.439. The van der Waals surface area contributed by atoms with Crippen LogP contribution in [0.4, 0.5) is 0 Å². The summed E-state index contributed by atoms with van der Waals surface area (Å²) in [5, 5.41) is 8.87. The Morgan fingerprint density at radius 3 is 2.57 bits per heavy atom. The molecule has 28 heavy (non-hydrogen) atoms. The van der Waals surface area contributed by atoms with E-state index in [-0.39, 0.29) is 4.90 Å². The average molecular weight is 415 g/mol. The molecule has 0 fully saturated rings. The minimum atomic E-state index is -3.34. The Morgan fingerprint density at radius 1 is 1.25 bits per heavy atom. The molecule has 144 valence electrons. The van der Waals surface area contributed by atoms with Gasteiger partial charge in [-0.2, -0.15) is 10.3 Å². The van der Waals surface area contributed by atoms with Crippen molar-refractivity contribution in [3.8, 4) is 6.07 Å². The van der Waals surface area contributed by atoms with Crippen LogP contribution >= 0.6 is 11.3 Å². The molecule has 1 aromatic heterocycles. The number of sulfone groups is 1. The van der Waals surface area contributed by atoms with Crippen molar-refractivity contribution >= 4 is 37.3 Å². The molecule has 0 saturated heterocycles. The van der Waals surface area contributed by atoms with Gasteiger partial charge in [0.15, 0.2) is 14.6 Å². The molecule has 0 unspecified atom stereocenters. The second-order valence-corrected chi connectivity index (χ2v) is 9.06. The highest BCUT2D eigenvalue weighted by atomic mass is 32.2. The molecule has 9 heteroatoms. The van der Waals surface area contributed by atoms with E-state index in [9.17, 15) is 13.2 Å². The van der Waals surface area contributed by atoms with Gasteiger partial charge >= 0.3 is 0 Å². The largest absolute Gasteiger partial charge is 0.383 e. The summed E-state index contributed by atoms with van der Waals surface area (Å²) in [6, 6.07) is 13.1. The monoisotopic (exact) mass is 415 g/mol. The molecule has 0 saturated carbocycles. The van der Waals surface area contributed by atoms with Crippen LogP contribution in [0.5, 0.6) is 0 Å². The zero-order chi connectivity index (χ0) is 20.3. The normalized spacial score (nSPS) is 12.2. The first kappa shape index (κ1) is 19.9. The van der Waals surface area contributed by atoms with Crippen LogP contribution in [0.3, 0.4) is 0 Å². The maximum atomic E-state index is 12.6. The Hall–Kier alpha value is -2.80. The lowest BCUT2D eigenvalue weighted by molar-refractivity contribution is 0.0997. The minimum Gasteiger partial charge on any atom is -0.383 e. The number of methoxy groups -OCH3 is 1. The van der Waals surface area contributed by atoms with Crippen LogP contribution in [0.15, 0.2) is 52.4 Å². The number of hydrogen-bond donors (Lipinski definition) is 0. The molecule has 0 aliphatic carbocycles. The Morgan fingerprint density at radius 2 is 1.96 bits per heavy atom. The van der Waals surface area contributed by atoms with E-state index in [1.807, 2.05) is 10.6 Å². The van der Waals surface area contributed by atoms with Gasteiger partial charge in [0, 0.05) is 25.5 Å². The van der Waals surface area contributed by atoms with Gasteiger partial charge in [0.25, 0.3) is 5.91 Å². The molecule has 3 rings (SSSR count). The number of benzene rings is 2. The first-order chi connectivity index (χ1) is 13.3. The van der Waals surface area contributed by atoms with E-state index >= 15 is 0 Å². The summed E-state index contributed by atoms with van der Waals surface area (Å²) in [4.78, 5) is 17.4. The van der Waals surface area contributed by atoms with E-state index < -0.39 is 15.7 Å². The number of carbonyl (C=O) groups excluding carboxylic acids is 1. The smallest absolute Gasteiger partial charge is 0.279 e. The Balaban J connectivity index is 2.12. The number of hydrogen-bond acceptors (Lipinski definition) is 6. The SMILES string of the molecule is COCCn1c(=NC(=O)c2ccc(C#N)cc2)sc2cc(S(C)(=O)=O)ccc21. The fraction of sp³-hybridized carbons (Fsp3) is 0.211. The average Bonchev–Trinajstić information content (AvgIpc) is 3.01. The lowest BCUT2D eigenvalue weighted by Crippen LogP contribution is -2.19. The van der Waals surface area contributed by atoms with Gasteiger partial charge in [0.2, 0.25) is 0 Å². The molecule has 0 N–H and O–H groups in total. The molecular weight excluding hydrogens is 398 g/mol. The molecule has 1 amide bonds. The minimum absolute atomic E-state index is 0.213. The fourth-order valence-corrected chi connectivity index (χ4v) is 4.42. The van der Waals surface area contributed by atoms with Gasteiger partial charge in [0.05, 0.1) is 33.4 Å². The van der Waals surface area contributed by atoms with Gasteiger partial charge < -0.3 is 9.30 Å². The highest BCUT2D eigenvalue weighted by Gasteiger charge is 2.13. The number of aromatic nitrogens is 1. The van der Waals surface area contributed by atoms with Crippen molar-refractivity contribution in [2.24, 2.45) is 4.99 Å². The number of carbonyl (C=O) groups is 1. The number of nitrogens with zero attached hydrogens (tertiary/aromatic N) is 3. The number of fused-ring (bicyclic) bond motifs is 1. The molecule has 0 aliphatic rings. The lowest BCUT2D eigenvalue weighted by atomic mass is 10.1. The molecule has 0 aliphatic heterocycles. The lowest BCUT2D eigenvalue weighted by Gasteiger charge is -2.05. The predicted octanol–water partition coefficient (Wildman–Crippen LogP) is 2.37. The maximum Gasteiger partial charge on any atom is 0.279 e. The Bertz CT molecular complexity index is 1250. The fourth-order valence-electron chi connectivity index (χ4n) is 2.61. The van der Waals surface area contributed by atoms with E-state index in [0.29, 0.717) is 33.8 Å². The van der Waals surface area contributed by atoms with Crippen LogP contribution in [-0.4, -0.2) is 38.9 Å². The zero-order valence-electron chi connectivity index (χ0n) is 15.2. The molecule has 3 aromatic rings. The van der Waals surface area contributed by atoms with Crippen LogP contribution in [0.2, 0.25) is 0 Å². The summed E-state index contributed by atoms with van der Waals surface area (Å²) in [6.07, 6.45) is 1.15.